The second-order valence-corrected chi connectivity index (χ2v) is 19.5. The lowest BCUT2D eigenvalue weighted by Gasteiger charge is -2.35. The van der Waals surface area contributed by atoms with E-state index in [4.69, 9.17) is 0 Å². The Morgan fingerprint density at radius 2 is 0.652 bits per heavy atom. The highest BCUT2D eigenvalue weighted by atomic mass is 15.1. The Morgan fingerprint density at radius 3 is 1.02 bits per heavy atom. The van der Waals surface area contributed by atoms with E-state index in [1.807, 2.05) is 0 Å². The minimum Gasteiger partial charge on any atom is -0.310 e. The average molecular weight is 855 g/mol. The van der Waals surface area contributed by atoms with Gasteiger partial charge >= 0.3 is 0 Å². The molecule has 0 saturated carbocycles. The van der Waals surface area contributed by atoms with Crippen LogP contribution in [0.4, 0.5) is 34.1 Å². The minimum absolute atomic E-state index is 0.0553. The van der Waals surface area contributed by atoms with Crippen LogP contribution in [0.2, 0.25) is 0 Å². The topological polar surface area (TPSA) is 6.48 Å². The fraction of sp³-hybridized carbons (Fsp3) is 0.156. The maximum Gasteiger partial charge on any atom is 0.0713 e. The summed E-state index contributed by atoms with van der Waals surface area (Å²) in [6.45, 7) is 17.8. The van der Waals surface area contributed by atoms with Gasteiger partial charge in [-0.3, -0.25) is 0 Å². The van der Waals surface area contributed by atoms with E-state index in [1.54, 1.807) is 0 Å². The van der Waals surface area contributed by atoms with Crippen molar-refractivity contribution in [2.75, 3.05) is 9.80 Å². The lowest BCUT2D eigenvalue weighted by Crippen LogP contribution is -2.29. The second kappa shape index (κ2) is 16.9. The van der Waals surface area contributed by atoms with Crippen LogP contribution in [-0.4, -0.2) is 0 Å². The van der Waals surface area contributed by atoms with Crippen LogP contribution in [-0.2, 0) is 10.8 Å². The Labute approximate surface area is 392 Å². The average Bonchev–Trinajstić information content (AvgIpc) is 3.59. The van der Waals surface area contributed by atoms with Crippen LogP contribution < -0.4 is 9.80 Å². The molecule has 0 aliphatic heterocycles. The molecule has 10 rings (SSSR count). The molecule has 0 unspecified atom stereocenters. The number of rotatable bonds is 9. The van der Waals surface area contributed by atoms with Crippen molar-refractivity contribution in [3.63, 3.8) is 0 Å². The summed E-state index contributed by atoms with van der Waals surface area (Å²) in [6, 6.07) is 77.2. The molecule has 0 saturated heterocycles. The highest BCUT2D eigenvalue weighted by molar-refractivity contribution is 5.88. The van der Waals surface area contributed by atoms with Crippen molar-refractivity contribution < 1.29 is 0 Å². The molecule has 0 bridgehead atoms. The molecule has 9 aromatic carbocycles. The summed E-state index contributed by atoms with van der Waals surface area (Å²) in [5.74, 6) is 0. The monoisotopic (exact) mass is 854 g/mol. The minimum atomic E-state index is -0.486. The Bertz CT molecular complexity index is 3110. The van der Waals surface area contributed by atoms with E-state index >= 15 is 0 Å². The quantitative estimate of drug-likeness (QED) is 0.143. The van der Waals surface area contributed by atoms with Crippen molar-refractivity contribution in [1.82, 2.24) is 0 Å². The molecule has 0 N–H and O–H groups in total. The molecule has 2 nitrogen and oxygen atoms in total. The summed E-state index contributed by atoms with van der Waals surface area (Å²) in [6.07, 6.45) is 0. The van der Waals surface area contributed by atoms with Crippen LogP contribution in [0.1, 0.15) is 76.4 Å². The van der Waals surface area contributed by atoms with Crippen molar-refractivity contribution in [3.8, 4) is 22.3 Å². The molecule has 0 aromatic heterocycles. The van der Waals surface area contributed by atoms with E-state index in [9.17, 15) is 0 Å². The molecule has 2 heteroatoms. The van der Waals surface area contributed by atoms with Crippen LogP contribution in [0, 0.1) is 34.6 Å². The Balaban J connectivity index is 1.04. The maximum absolute atomic E-state index is 2.43. The van der Waals surface area contributed by atoms with Crippen LogP contribution >= 0.6 is 0 Å². The summed E-state index contributed by atoms with van der Waals surface area (Å²) < 4.78 is 0. The van der Waals surface area contributed by atoms with Gasteiger partial charge in [0.2, 0.25) is 0 Å². The maximum atomic E-state index is 2.43. The standard InChI is InChI=1S/C64H58N2/c1-43-12-9-15-56(38-43)65(53-30-20-48(21-31-53)49-22-32-54(33-23-49)66(57-16-10-13-44(2)39-57)58-17-11-14-45(3)40-58)55-34-28-52(29-35-55)64(51-26-24-50(25-27-51)63(6,7)8)61-41-46(4)18-36-59(61)60-37-19-47(5)42-62(60)64/h9-42H,1-8H3. The van der Waals surface area contributed by atoms with E-state index in [0.29, 0.717) is 0 Å². The highest BCUT2D eigenvalue weighted by Crippen LogP contribution is 2.57. The van der Waals surface area contributed by atoms with Gasteiger partial charge in [0, 0.05) is 34.1 Å². The SMILES string of the molecule is Cc1cccc(N(c2ccc(-c3ccc(N(c4cccc(C)c4)c4cccc(C)c4)cc3)cc2)c2ccc(C3(c4ccc(C(C)(C)C)cc4)c4cc(C)ccc4-c4ccc(C)cc43)cc2)c1. The molecule has 0 heterocycles. The zero-order valence-corrected chi connectivity index (χ0v) is 39.5. The summed E-state index contributed by atoms with van der Waals surface area (Å²) in [4.78, 5) is 4.73. The predicted octanol–water partition coefficient (Wildman–Crippen LogP) is 17.5. The zero-order chi connectivity index (χ0) is 45.7. The molecule has 0 atom stereocenters. The van der Waals surface area contributed by atoms with Gasteiger partial charge in [-0.05, 0) is 180 Å². The first-order valence-corrected chi connectivity index (χ1v) is 23.3. The highest BCUT2D eigenvalue weighted by Gasteiger charge is 2.46. The fourth-order valence-electron chi connectivity index (χ4n) is 10.2. The van der Waals surface area contributed by atoms with E-state index in [0.717, 1.165) is 34.1 Å². The van der Waals surface area contributed by atoms with Crippen molar-refractivity contribution in [2.24, 2.45) is 0 Å². The van der Waals surface area contributed by atoms with Gasteiger partial charge in [-0.15, -0.1) is 0 Å². The Morgan fingerprint density at radius 1 is 0.318 bits per heavy atom. The molecule has 0 fully saturated rings. The van der Waals surface area contributed by atoms with Gasteiger partial charge in [-0.25, -0.2) is 0 Å². The first-order chi connectivity index (χ1) is 31.9. The van der Waals surface area contributed by atoms with Gasteiger partial charge in [0.05, 0.1) is 5.41 Å². The van der Waals surface area contributed by atoms with Crippen LogP contribution in [0.3, 0.4) is 0 Å². The molecule has 66 heavy (non-hydrogen) atoms. The van der Waals surface area contributed by atoms with Crippen molar-refractivity contribution >= 4 is 34.1 Å². The zero-order valence-electron chi connectivity index (χ0n) is 39.5. The van der Waals surface area contributed by atoms with Crippen LogP contribution in [0.5, 0.6) is 0 Å². The molecule has 9 aromatic rings. The Hall–Kier alpha value is -7.42. The molecule has 0 spiro atoms. The lowest BCUT2D eigenvalue weighted by atomic mass is 9.67. The summed E-state index contributed by atoms with van der Waals surface area (Å²) in [5.41, 5.74) is 24.1. The van der Waals surface area contributed by atoms with Gasteiger partial charge < -0.3 is 9.80 Å². The van der Waals surface area contributed by atoms with Gasteiger partial charge in [-0.2, -0.15) is 0 Å². The number of fused-ring (bicyclic) bond motifs is 3. The summed E-state index contributed by atoms with van der Waals surface area (Å²) in [5, 5.41) is 0. The van der Waals surface area contributed by atoms with E-state index in [2.05, 4.69) is 271 Å². The van der Waals surface area contributed by atoms with Crippen molar-refractivity contribution in [2.45, 2.75) is 66.2 Å². The number of hydrogen-bond acceptors (Lipinski definition) is 2. The molecule has 1 aliphatic rings. The molecule has 324 valence electrons. The van der Waals surface area contributed by atoms with Gasteiger partial charge in [0.15, 0.2) is 0 Å². The normalized spacial score (nSPS) is 12.7. The first-order valence-electron chi connectivity index (χ1n) is 23.3. The van der Waals surface area contributed by atoms with Crippen LogP contribution in [0.25, 0.3) is 22.3 Å². The van der Waals surface area contributed by atoms with E-state index < -0.39 is 5.41 Å². The Kier molecular flexibility index (Phi) is 10.9. The van der Waals surface area contributed by atoms with Crippen molar-refractivity contribution in [1.29, 1.82) is 0 Å². The molecular weight excluding hydrogens is 797 g/mol. The number of nitrogens with zero attached hydrogens (tertiary/aromatic N) is 2. The number of hydrogen-bond donors (Lipinski definition) is 0. The third kappa shape index (κ3) is 7.71. The number of benzene rings is 9. The molecule has 1 aliphatic carbocycles. The fourth-order valence-corrected chi connectivity index (χ4v) is 10.2. The van der Waals surface area contributed by atoms with Gasteiger partial charge in [-0.1, -0.05) is 165 Å². The van der Waals surface area contributed by atoms with E-state index in [-0.39, 0.29) is 5.41 Å². The number of anilines is 6. The van der Waals surface area contributed by atoms with Crippen LogP contribution in [0.15, 0.2) is 206 Å². The smallest absolute Gasteiger partial charge is 0.0713 e. The number of aryl methyl sites for hydroxylation is 5. The van der Waals surface area contributed by atoms with Gasteiger partial charge in [0.1, 0.15) is 0 Å². The molecule has 0 radical (unpaired) electrons. The first kappa shape index (κ1) is 42.5. The second-order valence-electron chi connectivity index (χ2n) is 19.5. The third-order valence-electron chi connectivity index (χ3n) is 13.6. The van der Waals surface area contributed by atoms with E-state index in [1.165, 1.54) is 77.9 Å². The van der Waals surface area contributed by atoms with Gasteiger partial charge in [0.25, 0.3) is 0 Å². The lowest BCUT2D eigenvalue weighted by molar-refractivity contribution is 0.589. The summed E-state index contributed by atoms with van der Waals surface area (Å²) in [7, 11) is 0. The largest absolute Gasteiger partial charge is 0.310 e. The summed E-state index contributed by atoms with van der Waals surface area (Å²) >= 11 is 0. The predicted molar refractivity (Wildman–Crippen MR) is 281 cm³/mol. The third-order valence-corrected chi connectivity index (χ3v) is 13.6. The van der Waals surface area contributed by atoms with Crippen molar-refractivity contribution in [3.05, 3.63) is 262 Å². The molecule has 0 amide bonds. The molecular formula is C64H58N2.